The molecule has 0 heterocycles. The largest absolute Gasteiger partial charge is 0.493 e. The van der Waals surface area contributed by atoms with Gasteiger partial charge >= 0.3 is 5.97 Å². The lowest BCUT2D eigenvalue weighted by Crippen LogP contribution is -2.10. The number of rotatable bonds is 12. The van der Waals surface area contributed by atoms with Crippen LogP contribution >= 0.6 is 0 Å². The van der Waals surface area contributed by atoms with Crippen LogP contribution in [0.4, 0.5) is 11.4 Å². The third kappa shape index (κ3) is 8.08. The monoisotopic (exact) mass is 534 g/mol. The van der Waals surface area contributed by atoms with Crippen LogP contribution in [0.5, 0.6) is 5.75 Å². The van der Waals surface area contributed by atoms with Gasteiger partial charge in [0.15, 0.2) is 5.78 Å². The molecule has 6 nitrogen and oxygen atoms in total. The summed E-state index contributed by atoms with van der Waals surface area (Å²) in [5.41, 5.74) is 17.7. The number of allylic oxidation sites excluding steroid dienone is 1. The van der Waals surface area contributed by atoms with Gasteiger partial charge in [0.25, 0.3) is 0 Å². The molecule has 0 aliphatic rings. The van der Waals surface area contributed by atoms with E-state index in [0.29, 0.717) is 41.3 Å². The van der Waals surface area contributed by atoms with E-state index >= 15 is 0 Å². The highest BCUT2D eigenvalue weighted by molar-refractivity contribution is 6.07. The van der Waals surface area contributed by atoms with E-state index in [2.05, 4.69) is 31.2 Å². The van der Waals surface area contributed by atoms with E-state index < -0.39 is 5.97 Å². The zero-order valence-electron chi connectivity index (χ0n) is 22.6. The van der Waals surface area contributed by atoms with Crippen LogP contribution in [0.25, 0.3) is 17.2 Å². The van der Waals surface area contributed by atoms with E-state index in [9.17, 15) is 9.59 Å². The lowest BCUT2D eigenvalue weighted by molar-refractivity contribution is 0.0486. The number of ketones is 1. The second-order valence-electron chi connectivity index (χ2n) is 9.52. The van der Waals surface area contributed by atoms with Crippen molar-refractivity contribution in [2.24, 2.45) is 0 Å². The van der Waals surface area contributed by atoms with Gasteiger partial charge in [-0.15, -0.1) is 0 Å². The highest BCUT2D eigenvalue weighted by atomic mass is 16.5. The molecule has 6 heteroatoms. The molecular formula is C34H34N2O4. The molecule has 4 N–H and O–H groups in total. The Bertz CT molecular complexity index is 1440. The van der Waals surface area contributed by atoms with Gasteiger partial charge in [0.2, 0.25) is 0 Å². The van der Waals surface area contributed by atoms with E-state index in [1.54, 1.807) is 18.2 Å². The summed E-state index contributed by atoms with van der Waals surface area (Å²) in [7, 11) is 0. The third-order valence-corrected chi connectivity index (χ3v) is 6.31. The first-order valence-electron chi connectivity index (χ1n) is 13.4. The molecule has 0 unspecified atom stereocenters. The molecule has 0 aliphatic heterocycles. The summed E-state index contributed by atoms with van der Waals surface area (Å²) in [6.07, 6.45) is 6.10. The lowest BCUT2D eigenvalue weighted by Gasteiger charge is -2.08. The summed E-state index contributed by atoms with van der Waals surface area (Å²) >= 11 is 0. The Morgan fingerprint density at radius 2 is 1.38 bits per heavy atom. The predicted molar refractivity (Wildman–Crippen MR) is 161 cm³/mol. The van der Waals surface area contributed by atoms with Gasteiger partial charge in [-0.3, -0.25) is 4.79 Å². The predicted octanol–water partition coefficient (Wildman–Crippen LogP) is 6.99. The average molecular weight is 535 g/mol. The summed E-state index contributed by atoms with van der Waals surface area (Å²) in [4.78, 5) is 24.8. The number of benzene rings is 4. The molecule has 0 saturated carbocycles. The molecule has 4 aromatic rings. The van der Waals surface area contributed by atoms with Crippen molar-refractivity contribution >= 4 is 29.2 Å². The molecule has 0 aliphatic carbocycles. The van der Waals surface area contributed by atoms with Gasteiger partial charge in [0, 0.05) is 23.4 Å². The topological polar surface area (TPSA) is 105 Å². The van der Waals surface area contributed by atoms with Crippen molar-refractivity contribution in [2.45, 2.75) is 26.2 Å². The number of hydrogen-bond donors (Lipinski definition) is 2. The van der Waals surface area contributed by atoms with E-state index in [-0.39, 0.29) is 12.4 Å². The summed E-state index contributed by atoms with van der Waals surface area (Å²) in [5.74, 6) is 0.162. The smallest absolute Gasteiger partial charge is 0.338 e. The number of carbonyl (C=O) groups is 2. The number of hydrogen-bond acceptors (Lipinski definition) is 6. The first kappa shape index (κ1) is 28.2. The van der Waals surface area contributed by atoms with Crippen LogP contribution in [0.1, 0.15) is 51.6 Å². The number of aryl methyl sites for hydroxylation is 1. The molecular weight excluding hydrogens is 500 g/mol. The van der Waals surface area contributed by atoms with Crippen molar-refractivity contribution in [2.75, 3.05) is 24.7 Å². The lowest BCUT2D eigenvalue weighted by atomic mass is 10.00. The highest BCUT2D eigenvalue weighted by Crippen LogP contribution is 2.22. The second kappa shape index (κ2) is 13.8. The molecule has 204 valence electrons. The van der Waals surface area contributed by atoms with Crippen molar-refractivity contribution in [3.05, 3.63) is 119 Å². The van der Waals surface area contributed by atoms with Gasteiger partial charge in [-0.05, 0) is 65.1 Å². The fourth-order valence-electron chi connectivity index (χ4n) is 4.21. The Kier molecular flexibility index (Phi) is 9.72. The first-order chi connectivity index (χ1) is 19.4. The molecule has 0 aromatic heterocycles. The minimum atomic E-state index is -0.474. The van der Waals surface area contributed by atoms with Crippen molar-refractivity contribution in [1.29, 1.82) is 0 Å². The van der Waals surface area contributed by atoms with Crippen molar-refractivity contribution in [1.82, 2.24) is 0 Å². The minimum absolute atomic E-state index is 0.0550. The number of ether oxygens (including phenoxy) is 2. The SMILES string of the molecule is CCCc1ccc(-c2ccc(C(=O)C=Cc3ccc(OCCCOC(=O)c4cc(N)cc(N)c4)cc3)cc2)cc1. The normalized spacial score (nSPS) is 10.9. The van der Waals surface area contributed by atoms with Gasteiger partial charge in [0.05, 0.1) is 18.8 Å². The van der Waals surface area contributed by atoms with Gasteiger partial charge < -0.3 is 20.9 Å². The zero-order valence-corrected chi connectivity index (χ0v) is 22.6. The number of esters is 1. The van der Waals surface area contributed by atoms with E-state index in [1.165, 1.54) is 17.7 Å². The van der Waals surface area contributed by atoms with E-state index in [1.807, 2.05) is 48.5 Å². The number of anilines is 2. The maximum absolute atomic E-state index is 12.7. The van der Waals surface area contributed by atoms with Crippen LogP contribution in [-0.4, -0.2) is 25.0 Å². The van der Waals surface area contributed by atoms with Gasteiger partial charge in [-0.25, -0.2) is 4.79 Å². The van der Waals surface area contributed by atoms with Crippen molar-refractivity contribution in [3.63, 3.8) is 0 Å². The van der Waals surface area contributed by atoms with Crippen LogP contribution in [0.15, 0.2) is 97.1 Å². The Labute approximate surface area is 235 Å². The standard InChI is InChI=1S/C34H34N2O4/c1-2-4-24-5-10-26(11-6-24)27-12-14-28(15-13-27)33(37)18-9-25-7-16-32(17-8-25)39-19-3-20-40-34(38)29-21-30(35)23-31(36)22-29/h5-18,21-23H,2-4,19-20,35-36H2,1H3. The first-order valence-corrected chi connectivity index (χ1v) is 13.4. The van der Waals surface area contributed by atoms with Crippen LogP contribution in [-0.2, 0) is 11.2 Å². The molecule has 40 heavy (non-hydrogen) atoms. The number of nitrogens with two attached hydrogens (primary N) is 2. The molecule has 0 bridgehead atoms. The van der Waals surface area contributed by atoms with Crippen LogP contribution in [0, 0.1) is 0 Å². The van der Waals surface area contributed by atoms with Crippen LogP contribution in [0.3, 0.4) is 0 Å². The fraction of sp³-hybridized carbons (Fsp3) is 0.176. The Morgan fingerprint density at radius 3 is 2.00 bits per heavy atom. The van der Waals surface area contributed by atoms with E-state index in [0.717, 1.165) is 29.5 Å². The molecule has 4 rings (SSSR count). The summed E-state index contributed by atoms with van der Waals surface area (Å²) in [6.45, 7) is 2.78. The molecule has 0 atom stereocenters. The molecule has 0 spiro atoms. The highest BCUT2D eigenvalue weighted by Gasteiger charge is 2.09. The Balaban J connectivity index is 1.21. The van der Waals surface area contributed by atoms with Gasteiger partial charge in [0.1, 0.15) is 5.75 Å². The fourth-order valence-corrected chi connectivity index (χ4v) is 4.21. The Hall–Kier alpha value is -4.84. The number of nitrogen functional groups attached to an aromatic ring is 2. The zero-order chi connectivity index (χ0) is 28.3. The van der Waals surface area contributed by atoms with Gasteiger partial charge in [-0.2, -0.15) is 0 Å². The minimum Gasteiger partial charge on any atom is -0.493 e. The van der Waals surface area contributed by atoms with Crippen LogP contribution in [0.2, 0.25) is 0 Å². The summed E-state index contributed by atoms with van der Waals surface area (Å²) in [6, 6.07) is 28.4. The summed E-state index contributed by atoms with van der Waals surface area (Å²) < 4.78 is 11.0. The second-order valence-corrected chi connectivity index (χ2v) is 9.52. The molecule has 0 fully saturated rings. The molecule has 0 radical (unpaired) electrons. The van der Waals surface area contributed by atoms with Gasteiger partial charge in [-0.1, -0.05) is 80.1 Å². The molecule has 0 saturated heterocycles. The molecule has 4 aromatic carbocycles. The van der Waals surface area contributed by atoms with Crippen molar-refractivity contribution in [3.8, 4) is 16.9 Å². The Morgan fingerprint density at radius 1 is 0.750 bits per heavy atom. The quantitative estimate of drug-likeness (QED) is 0.0667. The molecule has 0 amide bonds. The maximum atomic E-state index is 12.7. The van der Waals surface area contributed by atoms with Crippen molar-refractivity contribution < 1.29 is 19.1 Å². The van der Waals surface area contributed by atoms with Crippen LogP contribution < -0.4 is 16.2 Å². The summed E-state index contributed by atoms with van der Waals surface area (Å²) in [5, 5.41) is 0. The average Bonchev–Trinajstić information content (AvgIpc) is 2.96. The maximum Gasteiger partial charge on any atom is 0.338 e. The third-order valence-electron chi connectivity index (χ3n) is 6.31. The van der Waals surface area contributed by atoms with E-state index in [4.69, 9.17) is 20.9 Å². The number of carbonyl (C=O) groups excluding carboxylic acids is 2.